The van der Waals surface area contributed by atoms with E-state index < -0.39 is 0 Å². The maximum atomic E-state index is 11.4. The van der Waals surface area contributed by atoms with Gasteiger partial charge < -0.3 is 0 Å². The van der Waals surface area contributed by atoms with Gasteiger partial charge in [-0.15, -0.1) is 0 Å². The van der Waals surface area contributed by atoms with Gasteiger partial charge in [0.15, 0.2) is 12.1 Å². The molecule has 0 fully saturated rings. The molecule has 1 aromatic rings. The van der Waals surface area contributed by atoms with Crippen molar-refractivity contribution in [3.63, 3.8) is 0 Å². The lowest BCUT2D eigenvalue weighted by Crippen LogP contribution is -1.99. The molecule has 0 atom stereocenters. The zero-order valence-corrected chi connectivity index (χ0v) is 12.7. The monoisotopic (exact) mass is 280 g/mol. The third-order valence-corrected chi connectivity index (χ3v) is 2.22. The van der Waals surface area contributed by atoms with E-state index in [1.807, 2.05) is 38.2 Å². The number of aldehydes is 1. The Morgan fingerprint density at radius 2 is 1.62 bits per heavy atom. The summed E-state index contributed by atoms with van der Waals surface area (Å²) in [5, 5.41) is 0. The Balaban J connectivity index is 0.000000416. The Hall–Kier alpha value is -2.66. The fourth-order valence-electron chi connectivity index (χ4n) is 1.37. The lowest BCUT2D eigenvalue weighted by molar-refractivity contribution is 0.103. The minimum absolute atomic E-state index is 0.134. The van der Waals surface area contributed by atoms with Gasteiger partial charge in [-0.3, -0.25) is 9.59 Å². The van der Waals surface area contributed by atoms with Gasteiger partial charge in [-0.1, -0.05) is 67.8 Å². The van der Waals surface area contributed by atoms with Gasteiger partial charge in [-0.2, -0.15) is 0 Å². The Morgan fingerprint density at radius 3 is 2.05 bits per heavy atom. The van der Waals surface area contributed by atoms with Crippen molar-refractivity contribution in [2.24, 2.45) is 0 Å². The van der Waals surface area contributed by atoms with Gasteiger partial charge >= 0.3 is 0 Å². The molecule has 1 aliphatic rings. The highest BCUT2D eigenvalue weighted by atomic mass is 16.1. The van der Waals surface area contributed by atoms with Crippen LogP contribution in [0.4, 0.5) is 0 Å². The average Bonchev–Trinajstić information content (AvgIpc) is 2.59. The molecular weight excluding hydrogens is 260 g/mol. The van der Waals surface area contributed by atoms with E-state index in [9.17, 15) is 9.59 Å². The van der Waals surface area contributed by atoms with Crippen LogP contribution in [0.25, 0.3) is 0 Å². The van der Waals surface area contributed by atoms with Crippen LogP contribution in [-0.4, -0.2) is 12.1 Å². The molecule has 1 aliphatic carbocycles. The van der Waals surface area contributed by atoms with E-state index in [2.05, 4.69) is 11.5 Å². The predicted octanol–water partition coefficient (Wildman–Crippen LogP) is 4.71. The summed E-state index contributed by atoms with van der Waals surface area (Å²) < 4.78 is 0. The van der Waals surface area contributed by atoms with Crippen LogP contribution >= 0.6 is 0 Å². The number of carbonyl (C=O) groups excluding carboxylic acids is 2. The fraction of sp³-hybridized carbons (Fsp3) is 0.158. The Kier molecular flexibility index (Phi) is 10.8. The maximum Gasteiger partial charge on any atom is 0.186 e. The molecule has 1 aromatic carbocycles. The number of ketones is 1. The highest BCUT2D eigenvalue weighted by Crippen LogP contribution is 2.07. The second kappa shape index (κ2) is 12.4. The Labute approximate surface area is 126 Å². The lowest BCUT2D eigenvalue weighted by atomic mass is 10.0. The summed E-state index contributed by atoms with van der Waals surface area (Å²) in [7, 11) is 0. The van der Waals surface area contributed by atoms with Crippen molar-refractivity contribution in [1.82, 2.24) is 0 Å². The smallest absolute Gasteiger partial charge is 0.186 e. The van der Waals surface area contributed by atoms with E-state index in [1.54, 1.807) is 37.3 Å². The Morgan fingerprint density at radius 1 is 1.05 bits per heavy atom. The van der Waals surface area contributed by atoms with Gasteiger partial charge in [0.25, 0.3) is 0 Å². The number of carbonyl (C=O) groups is 2. The second-order valence-electron chi connectivity index (χ2n) is 3.58. The number of hydrogen-bond donors (Lipinski definition) is 0. The predicted molar refractivity (Wildman–Crippen MR) is 87.6 cm³/mol. The minimum atomic E-state index is -0.134. The van der Waals surface area contributed by atoms with Crippen LogP contribution in [0.3, 0.4) is 0 Å². The van der Waals surface area contributed by atoms with Crippen LogP contribution in [0.15, 0.2) is 72.2 Å². The minimum Gasteiger partial charge on any atom is -0.298 e. The van der Waals surface area contributed by atoms with E-state index in [0.717, 1.165) is 0 Å². The third kappa shape index (κ3) is 7.49. The van der Waals surface area contributed by atoms with Crippen LogP contribution < -0.4 is 0 Å². The maximum absolute atomic E-state index is 11.4. The van der Waals surface area contributed by atoms with Crippen LogP contribution in [0, 0.1) is 0 Å². The van der Waals surface area contributed by atoms with Crippen molar-refractivity contribution in [1.29, 1.82) is 0 Å². The first kappa shape index (κ1) is 18.3. The molecule has 2 heteroatoms. The molecule has 0 saturated carbocycles. The number of hydrogen-bond acceptors (Lipinski definition) is 2. The van der Waals surface area contributed by atoms with Crippen molar-refractivity contribution >= 4 is 12.1 Å². The van der Waals surface area contributed by atoms with Crippen molar-refractivity contribution in [3.8, 4) is 0 Å². The zero-order chi connectivity index (χ0) is 15.9. The summed E-state index contributed by atoms with van der Waals surface area (Å²) in [6.07, 6.45) is 11.3. The quantitative estimate of drug-likeness (QED) is 0.348. The molecule has 0 radical (unpaired) electrons. The van der Waals surface area contributed by atoms with Gasteiger partial charge in [-0.25, -0.2) is 0 Å². The molecule has 0 aliphatic heterocycles. The van der Waals surface area contributed by atoms with E-state index in [1.165, 1.54) is 6.08 Å². The van der Waals surface area contributed by atoms with Crippen molar-refractivity contribution in [3.05, 3.63) is 83.3 Å². The summed E-state index contributed by atoms with van der Waals surface area (Å²) in [6, 6.07) is 6.75. The van der Waals surface area contributed by atoms with Crippen LogP contribution in [0.5, 0.6) is 0 Å². The van der Waals surface area contributed by atoms with Crippen LogP contribution in [0.1, 0.15) is 41.5 Å². The first-order valence-corrected chi connectivity index (χ1v) is 6.83. The first-order valence-electron chi connectivity index (χ1n) is 6.83. The zero-order valence-electron chi connectivity index (χ0n) is 12.7. The molecule has 0 unspecified atom stereocenters. The molecule has 108 valence electrons. The summed E-state index contributed by atoms with van der Waals surface area (Å²) >= 11 is 0. The van der Waals surface area contributed by atoms with E-state index in [4.69, 9.17) is 0 Å². The second-order valence-corrected chi connectivity index (χ2v) is 3.58. The van der Waals surface area contributed by atoms with Crippen molar-refractivity contribution < 1.29 is 9.59 Å². The third-order valence-electron chi connectivity index (χ3n) is 2.22. The molecule has 2 rings (SSSR count). The molecule has 0 aromatic heterocycles. The molecule has 0 heterocycles. The summed E-state index contributed by atoms with van der Waals surface area (Å²) in [5.41, 5.74) is 6.42. The molecule has 2 nitrogen and oxygen atoms in total. The van der Waals surface area contributed by atoms with Gasteiger partial charge in [0.2, 0.25) is 0 Å². The lowest BCUT2D eigenvalue weighted by Gasteiger charge is -1.98. The molecular formula is C19H20O2. The Bertz CT molecular complexity index is 588. The van der Waals surface area contributed by atoms with E-state index >= 15 is 0 Å². The topological polar surface area (TPSA) is 34.1 Å². The van der Waals surface area contributed by atoms with Gasteiger partial charge in [0, 0.05) is 11.1 Å². The largest absolute Gasteiger partial charge is 0.298 e. The molecule has 21 heavy (non-hydrogen) atoms. The van der Waals surface area contributed by atoms with Crippen LogP contribution in [0.2, 0.25) is 0 Å². The molecule has 0 bridgehead atoms. The number of benzene rings is 1. The van der Waals surface area contributed by atoms with Crippen molar-refractivity contribution in [2.75, 3.05) is 0 Å². The molecule has 0 saturated heterocycles. The van der Waals surface area contributed by atoms with Gasteiger partial charge in [0.05, 0.1) is 0 Å². The first-order chi connectivity index (χ1) is 10.3. The fourth-order valence-corrected chi connectivity index (χ4v) is 1.37. The summed E-state index contributed by atoms with van der Waals surface area (Å²) in [5.74, 6) is -0.134. The van der Waals surface area contributed by atoms with Crippen LogP contribution in [-0.2, 0) is 0 Å². The number of allylic oxidation sites excluding steroid dienone is 6. The standard InChI is InChI=1S/C11H10O2.C6H4.C2H6/c1-2-5-11(13)10-7-4-3-6-9(10)8-12;1-2-4-6-5-3-1;1-2/h2-8H,1H3;1-4H;1-2H3/b5-2-;;. The van der Waals surface area contributed by atoms with Gasteiger partial charge in [-0.05, 0) is 25.2 Å². The number of rotatable bonds is 3. The highest BCUT2D eigenvalue weighted by Gasteiger charge is 2.05. The van der Waals surface area contributed by atoms with Crippen molar-refractivity contribution in [2.45, 2.75) is 20.8 Å². The summed E-state index contributed by atoms with van der Waals surface area (Å²) in [6.45, 7) is 5.77. The SMILES string of the molecule is C/C=C\C(=O)c1ccccc1C=O.C1=C=CC=CC=1.CC. The molecule has 0 N–H and O–H groups in total. The van der Waals surface area contributed by atoms with E-state index in [0.29, 0.717) is 17.4 Å². The highest BCUT2D eigenvalue weighted by molar-refractivity contribution is 6.09. The normalized spacial score (nSPS) is 10.4. The summed E-state index contributed by atoms with van der Waals surface area (Å²) in [4.78, 5) is 21.9. The molecule has 0 amide bonds. The van der Waals surface area contributed by atoms with Gasteiger partial charge in [0.1, 0.15) is 0 Å². The average molecular weight is 280 g/mol. The van der Waals surface area contributed by atoms with E-state index in [-0.39, 0.29) is 5.78 Å². The molecule has 0 spiro atoms.